The molecule has 27 heavy (non-hydrogen) atoms. The number of carbonyl (C=O) groups excluding carboxylic acids is 1. The smallest absolute Gasteiger partial charge is 0.355 e. The normalized spacial score (nSPS) is 13.9. The first kappa shape index (κ1) is 18.9. The molecule has 1 aliphatic heterocycles. The summed E-state index contributed by atoms with van der Waals surface area (Å²) in [5.74, 6) is 5.33. The third-order valence-corrected chi connectivity index (χ3v) is 4.21. The molecule has 1 aliphatic rings. The molecule has 8 heteroatoms. The van der Waals surface area contributed by atoms with E-state index >= 15 is 0 Å². The highest BCUT2D eigenvalue weighted by Gasteiger charge is 2.14. The number of esters is 1. The molecule has 144 valence electrons. The second-order valence-electron chi connectivity index (χ2n) is 6.39. The van der Waals surface area contributed by atoms with Gasteiger partial charge >= 0.3 is 5.97 Å². The average molecular weight is 371 g/mol. The Balaban J connectivity index is 1.57. The Labute approximate surface area is 158 Å². The van der Waals surface area contributed by atoms with Crippen molar-refractivity contribution >= 4 is 5.97 Å². The third kappa shape index (κ3) is 5.08. The number of carbonyl (C=O) groups is 1. The molecule has 2 aromatic rings. The van der Waals surface area contributed by atoms with Crippen LogP contribution < -0.4 is 11.6 Å². The molecule has 0 spiro atoms. The molecule has 0 radical (unpaired) electrons. The lowest BCUT2D eigenvalue weighted by atomic mass is 10.1. The fourth-order valence-electron chi connectivity index (χ4n) is 2.91. The number of ether oxygens (including phenoxy) is 2. The number of fused-ring (bicyclic) bond motifs is 1. The number of hydrazine groups is 1. The van der Waals surface area contributed by atoms with E-state index in [9.17, 15) is 4.79 Å². The van der Waals surface area contributed by atoms with Crippen molar-refractivity contribution in [3.8, 4) is 0 Å². The molecule has 8 nitrogen and oxygen atoms in total. The molecule has 0 aliphatic carbocycles. The predicted molar refractivity (Wildman–Crippen MR) is 99.8 cm³/mol. The van der Waals surface area contributed by atoms with E-state index in [-0.39, 0.29) is 12.3 Å². The Morgan fingerprint density at radius 3 is 2.81 bits per heavy atom. The van der Waals surface area contributed by atoms with Crippen LogP contribution in [0.1, 0.15) is 29.3 Å². The summed E-state index contributed by atoms with van der Waals surface area (Å²) in [7, 11) is 0. The lowest BCUT2D eigenvalue weighted by molar-refractivity contribution is -0.138. The minimum Gasteiger partial charge on any atom is -0.461 e. The van der Waals surface area contributed by atoms with Gasteiger partial charge in [0.25, 0.3) is 0 Å². The van der Waals surface area contributed by atoms with E-state index < -0.39 is 5.97 Å². The molecule has 0 saturated carbocycles. The first-order chi connectivity index (χ1) is 13.0. The fourth-order valence-corrected chi connectivity index (χ4v) is 2.91. The Morgan fingerprint density at radius 1 is 1.37 bits per heavy atom. The maximum Gasteiger partial charge on any atom is 0.355 e. The summed E-state index contributed by atoms with van der Waals surface area (Å²) in [4.78, 5) is 11.5. The highest BCUT2D eigenvalue weighted by Crippen LogP contribution is 2.16. The Kier molecular flexibility index (Phi) is 6.10. The van der Waals surface area contributed by atoms with Crippen molar-refractivity contribution in [1.82, 2.24) is 14.8 Å². The van der Waals surface area contributed by atoms with Gasteiger partial charge in [0.05, 0.1) is 38.6 Å². The van der Waals surface area contributed by atoms with Gasteiger partial charge in [-0.1, -0.05) is 24.3 Å². The molecule has 2 heterocycles. The summed E-state index contributed by atoms with van der Waals surface area (Å²) in [6, 6.07) is 8.07. The molecule has 0 amide bonds. The molecule has 0 fully saturated rings. The fraction of sp³-hybridized carbons (Fsp3) is 0.368. The second kappa shape index (κ2) is 8.70. The van der Waals surface area contributed by atoms with Crippen molar-refractivity contribution < 1.29 is 14.3 Å². The molecular formula is C19H25N5O3. The molecule has 0 unspecified atom stereocenters. The van der Waals surface area contributed by atoms with E-state index in [0.717, 1.165) is 29.8 Å². The highest BCUT2D eigenvalue weighted by molar-refractivity contribution is 5.87. The van der Waals surface area contributed by atoms with Gasteiger partial charge < -0.3 is 20.2 Å². The summed E-state index contributed by atoms with van der Waals surface area (Å²) in [5, 5.41) is 5.99. The van der Waals surface area contributed by atoms with Gasteiger partial charge in [0, 0.05) is 24.4 Å². The first-order valence-electron chi connectivity index (χ1n) is 8.91. The van der Waals surface area contributed by atoms with Crippen molar-refractivity contribution in [2.75, 3.05) is 13.2 Å². The summed E-state index contributed by atoms with van der Waals surface area (Å²) < 4.78 is 12.2. The molecule has 1 aromatic heterocycles. The molecule has 1 aromatic carbocycles. The van der Waals surface area contributed by atoms with Crippen LogP contribution in [0.25, 0.3) is 0 Å². The zero-order valence-electron chi connectivity index (χ0n) is 15.4. The number of benzene rings is 1. The Bertz CT molecular complexity index is 790. The number of nitrogens with two attached hydrogens (primary N) is 2. The van der Waals surface area contributed by atoms with Gasteiger partial charge in [-0.15, -0.1) is 0 Å². The Hall–Kier alpha value is -2.84. The SMILES string of the molecule is CCOC(=O)/C(N)=C/N(N)Cc1ccc(Cn2cc3c(n2)CCOC3)cc1. The van der Waals surface area contributed by atoms with E-state index in [0.29, 0.717) is 19.7 Å². The summed E-state index contributed by atoms with van der Waals surface area (Å²) in [5.41, 5.74) is 10.1. The van der Waals surface area contributed by atoms with Gasteiger partial charge in [-0.3, -0.25) is 4.68 Å². The van der Waals surface area contributed by atoms with Gasteiger partial charge in [0.2, 0.25) is 0 Å². The van der Waals surface area contributed by atoms with E-state index in [2.05, 4.69) is 5.10 Å². The minimum atomic E-state index is -0.574. The molecule has 0 atom stereocenters. The van der Waals surface area contributed by atoms with Crippen molar-refractivity contribution in [3.05, 3.63) is 64.7 Å². The lowest BCUT2D eigenvalue weighted by Crippen LogP contribution is -2.28. The number of rotatable bonds is 7. The Morgan fingerprint density at radius 2 is 2.11 bits per heavy atom. The van der Waals surface area contributed by atoms with Crippen molar-refractivity contribution in [1.29, 1.82) is 0 Å². The van der Waals surface area contributed by atoms with Crippen LogP contribution in [0.5, 0.6) is 0 Å². The van der Waals surface area contributed by atoms with E-state index in [1.807, 2.05) is 35.1 Å². The lowest BCUT2D eigenvalue weighted by Gasteiger charge is -2.15. The van der Waals surface area contributed by atoms with Crippen LogP contribution in [-0.2, 0) is 40.4 Å². The van der Waals surface area contributed by atoms with Gasteiger partial charge in [-0.2, -0.15) is 5.10 Å². The van der Waals surface area contributed by atoms with Crippen LogP contribution in [0.4, 0.5) is 0 Å². The van der Waals surface area contributed by atoms with E-state index in [1.165, 1.54) is 16.8 Å². The van der Waals surface area contributed by atoms with Gasteiger partial charge in [-0.05, 0) is 18.1 Å². The van der Waals surface area contributed by atoms with E-state index in [4.69, 9.17) is 21.1 Å². The maximum atomic E-state index is 11.5. The molecule has 0 bridgehead atoms. The number of nitrogens with zero attached hydrogens (tertiary/aromatic N) is 3. The van der Waals surface area contributed by atoms with Crippen LogP contribution in [0.2, 0.25) is 0 Å². The van der Waals surface area contributed by atoms with Crippen LogP contribution in [0.3, 0.4) is 0 Å². The molecule has 4 N–H and O–H groups in total. The summed E-state index contributed by atoms with van der Waals surface area (Å²) in [6.07, 6.45) is 4.30. The number of hydrogen-bond acceptors (Lipinski definition) is 7. The minimum absolute atomic E-state index is 0.0254. The van der Waals surface area contributed by atoms with Crippen LogP contribution in [0, 0.1) is 0 Å². The quantitative estimate of drug-likeness (QED) is 0.324. The average Bonchev–Trinajstić information content (AvgIpc) is 3.05. The molecular weight excluding hydrogens is 346 g/mol. The first-order valence-corrected chi connectivity index (χ1v) is 8.91. The predicted octanol–water partition coefficient (Wildman–Crippen LogP) is 1.04. The van der Waals surface area contributed by atoms with Crippen molar-refractivity contribution in [3.63, 3.8) is 0 Å². The summed E-state index contributed by atoms with van der Waals surface area (Å²) in [6.45, 7) is 4.50. The molecule has 3 rings (SSSR count). The van der Waals surface area contributed by atoms with Gasteiger partial charge in [-0.25, -0.2) is 10.6 Å². The van der Waals surface area contributed by atoms with E-state index in [1.54, 1.807) is 6.92 Å². The van der Waals surface area contributed by atoms with Crippen LogP contribution in [-0.4, -0.2) is 34.0 Å². The van der Waals surface area contributed by atoms with Crippen molar-refractivity contribution in [2.24, 2.45) is 11.6 Å². The van der Waals surface area contributed by atoms with Crippen LogP contribution in [0.15, 0.2) is 42.4 Å². The number of hydrogen-bond donors (Lipinski definition) is 2. The van der Waals surface area contributed by atoms with Crippen molar-refractivity contribution in [2.45, 2.75) is 33.0 Å². The third-order valence-electron chi connectivity index (χ3n) is 4.21. The van der Waals surface area contributed by atoms with Gasteiger partial charge in [0.15, 0.2) is 0 Å². The summed E-state index contributed by atoms with van der Waals surface area (Å²) >= 11 is 0. The zero-order chi connectivity index (χ0) is 19.2. The maximum absolute atomic E-state index is 11.5. The standard InChI is InChI=1S/C19H25N5O3/c1-2-27-19(25)17(20)12-23(21)9-14-3-5-15(6-4-14)10-24-11-16-13-26-8-7-18(16)22-24/h3-6,11-12H,2,7-10,13,20-21H2,1H3/b17-12-. The second-order valence-corrected chi connectivity index (χ2v) is 6.39. The zero-order valence-corrected chi connectivity index (χ0v) is 15.4. The van der Waals surface area contributed by atoms with Gasteiger partial charge in [0.1, 0.15) is 5.70 Å². The largest absolute Gasteiger partial charge is 0.461 e. The topological polar surface area (TPSA) is 109 Å². The number of aromatic nitrogens is 2. The van der Waals surface area contributed by atoms with Crippen LogP contribution >= 0.6 is 0 Å². The highest BCUT2D eigenvalue weighted by atomic mass is 16.5. The molecule has 0 saturated heterocycles. The monoisotopic (exact) mass is 371 g/mol.